The normalized spacial score (nSPS) is 13.9. The lowest BCUT2D eigenvalue weighted by atomic mass is 9.81. The van der Waals surface area contributed by atoms with Crippen LogP contribution in [0.4, 0.5) is 0 Å². The van der Waals surface area contributed by atoms with Crippen LogP contribution >= 0.6 is 27.3 Å². The highest BCUT2D eigenvalue weighted by Crippen LogP contribution is 2.31. The van der Waals surface area contributed by atoms with Crippen molar-refractivity contribution in [2.45, 2.75) is 58.0 Å². The van der Waals surface area contributed by atoms with Crippen molar-refractivity contribution in [3.63, 3.8) is 0 Å². The van der Waals surface area contributed by atoms with E-state index >= 15 is 0 Å². The zero-order valence-electron chi connectivity index (χ0n) is 13.5. The Hall–Kier alpha value is 0.1000. The molecule has 1 heterocycles. The summed E-state index contributed by atoms with van der Waals surface area (Å²) in [4.78, 5) is 3.87. The lowest BCUT2D eigenvalue weighted by Gasteiger charge is -2.45. The van der Waals surface area contributed by atoms with Crippen LogP contribution in [0.25, 0.3) is 0 Å². The first-order valence-corrected chi connectivity index (χ1v) is 9.31. The lowest BCUT2D eigenvalue weighted by molar-refractivity contribution is 0.0884. The molecule has 0 bridgehead atoms. The van der Waals surface area contributed by atoms with Crippen LogP contribution in [0.5, 0.6) is 0 Å². The molecule has 1 aromatic heterocycles. The molecular formula is C16H29BrN2S. The summed E-state index contributed by atoms with van der Waals surface area (Å²) in [5.41, 5.74) is 0.221. The summed E-state index contributed by atoms with van der Waals surface area (Å²) in [6.07, 6.45) is 4.61. The van der Waals surface area contributed by atoms with E-state index in [4.69, 9.17) is 0 Å². The predicted molar refractivity (Wildman–Crippen MR) is 94.8 cm³/mol. The van der Waals surface area contributed by atoms with Crippen LogP contribution in [0.1, 0.15) is 44.9 Å². The second-order valence-electron chi connectivity index (χ2n) is 5.61. The molecule has 2 nitrogen and oxygen atoms in total. The molecule has 1 atom stereocenters. The van der Waals surface area contributed by atoms with Gasteiger partial charge >= 0.3 is 0 Å². The van der Waals surface area contributed by atoms with Crippen molar-refractivity contribution in [3.05, 3.63) is 20.8 Å². The molecule has 4 heteroatoms. The smallest absolute Gasteiger partial charge is 0.0354 e. The molecule has 0 aliphatic heterocycles. The summed E-state index contributed by atoms with van der Waals surface area (Å²) >= 11 is 5.53. The fourth-order valence-corrected chi connectivity index (χ4v) is 4.68. The van der Waals surface area contributed by atoms with Crippen LogP contribution in [-0.4, -0.2) is 37.1 Å². The standard InChI is InChI=1S/C16H29BrN2S/c1-6-10-18-15(12-14-13(17)9-11-20-14)16(7-2,8-3)19(4)5/h9,11,15,18H,6-8,10,12H2,1-5H3. The lowest BCUT2D eigenvalue weighted by Crippen LogP contribution is -2.59. The monoisotopic (exact) mass is 360 g/mol. The number of nitrogens with one attached hydrogen (secondary N) is 1. The van der Waals surface area contributed by atoms with E-state index in [0.29, 0.717) is 6.04 Å². The topological polar surface area (TPSA) is 15.3 Å². The fourth-order valence-electron chi connectivity index (χ4n) is 3.11. The number of hydrogen-bond donors (Lipinski definition) is 1. The summed E-state index contributed by atoms with van der Waals surface area (Å²) in [5, 5.41) is 5.98. The van der Waals surface area contributed by atoms with Gasteiger partial charge in [0.15, 0.2) is 0 Å². The van der Waals surface area contributed by atoms with Crippen LogP contribution in [0, 0.1) is 0 Å². The highest BCUT2D eigenvalue weighted by atomic mass is 79.9. The molecule has 20 heavy (non-hydrogen) atoms. The average Bonchev–Trinajstić information content (AvgIpc) is 2.82. The minimum absolute atomic E-state index is 0.221. The van der Waals surface area contributed by atoms with Crippen molar-refractivity contribution in [3.8, 4) is 0 Å². The van der Waals surface area contributed by atoms with Gasteiger partial charge in [0.1, 0.15) is 0 Å². The van der Waals surface area contributed by atoms with Crippen LogP contribution in [-0.2, 0) is 6.42 Å². The molecule has 1 unspecified atom stereocenters. The van der Waals surface area contributed by atoms with Crippen molar-refractivity contribution < 1.29 is 0 Å². The summed E-state index contributed by atoms with van der Waals surface area (Å²) in [5.74, 6) is 0. The van der Waals surface area contributed by atoms with Gasteiger partial charge in [0, 0.05) is 27.4 Å². The van der Waals surface area contributed by atoms with Gasteiger partial charge in [-0.2, -0.15) is 0 Å². The number of rotatable bonds is 9. The first-order chi connectivity index (χ1) is 9.51. The van der Waals surface area contributed by atoms with Crippen LogP contribution in [0.3, 0.4) is 0 Å². The van der Waals surface area contributed by atoms with Gasteiger partial charge in [-0.1, -0.05) is 20.8 Å². The van der Waals surface area contributed by atoms with Gasteiger partial charge in [0.2, 0.25) is 0 Å². The average molecular weight is 361 g/mol. The Morgan fingerprint density at radius 3 is 2.35 bits per heavy atom. The van der Waals surface area contributed by atoms with E-state index in [1.807, 2.05) is 11.3 Å². The second-order valence-corrected chi connectivity index (χ2v) is 7.46. The fraction of sp³-hybridized carbons (Fsp3) is 0.750. The Morgan fingerprint density at radius 2 is 1.95 bits per heavy atom. The Bertz CT molecular complexity index is 386. The third-order valence-corrected chi connectivity index (χ3v) is 6.43. The molecule has 0 aliphatic rings. The van der Waals surface area contributed by atoms with Crippen LogP contribution < -0.4 is 5.32 Å². The van der Waals surface area contributed by atoms with Gasteiger partial charge in [-0.05, 0) is 67.3 Å². The molecule has 1 N–H and O–H groups in total. The van der Waals surface area contributed by atoms with Gasteiger partial charge in [0.05, 0.1) is 0 Å². The van der Waals surface area contributed by atoms with Gasteiger partial charge < -0.3 is 10.2 Å². The quantitative estimate of drug-likeness (QED) is 0.695. The Morgan fingerprint density at radius 1 is 1.30 bits per heavy atom. The minimum Gasteiger partial charge on any atom is -0.312 e. The maximum absolute atomic E-state index is 3.80. The molecule has 1 rings (SSSR count). The zero-order chi connectivity index (χ0) is 15.2. The Labute approximate surface area is 137 Å². The number of hydrogen-bond acceptors (Lipinski definition) is 3. The first-order valence-electron chi connectivity index (χ1n) is 7.64. The molecule has 0 aromatic carbocycles. The van der Waals surface area contributed by atoms with E-state index in [2.05, 4.69) is 72.5 Å². The van der Waals surface area contributed by atoms with Crippen LogP contribution in [0.2, 0.25) is 0 Å². The van der Waals surface area contributed by atoms with E-state index in [1.54, 1.807) is 0 Å². The third-order valence-electron chi connectivity index (χ3n) is 4.49. The largest absolute Gasteiger partial charge is 0.312 e. The van der Waals surface area contributed by atoms with Gasteiger partial charge in [-0.25, -0.2) is 0 Å². The molecule has 0 spiro atoms. The second kappa shape index (κ2) is 8.52. The van der Waals surface area contributed by atoms with Gasteiger partial charge in [0.25, 0.3) is 0 Å². The van der Waals surface area contributed by atoms with E-state index in [0.717, 1.165) is 13.0 Å². The van der Waals surface area contributed by atoms with E-state index in [1.165, 1.54) is 28.6 Å². The minimum atomic E-state index is 0.221. The predicted octanol–water partition coefficient (Wildman–Crippen LogP) is 4.54. The van der Waals surface area contributed by atoms with Crippen molar-refractivity contribution in [1.82, 2.24) is 10.2 Å². The van der Waals surface area contributed by atoms with Gasteiger partial charge in [-0.15, -0.1) is 11.3 Å². The summed E-state index contributed by atoms with van der Waals surface area (Å²) in [6.45, 7) is 7.95. The van der Waals surface area contributed by atoms with Crippen molar-refractivity contribution in [2.24, 2.45) is 0 Å². The maximum Gasteiger partial charge on any atom is 0.0354 e. The Balaban J connectivity index is 3.00. The zero-order valence-corrected chi connectivity index (χ0v) is 15.9. The summed E-state index contributed by atoms with van der Waals surface area (Å²) in [6, 6.07) is 2.65. The SMILES string of the molecule is CCCNC(Cc1sccc1Br)C(CC)(CC)N(C)C. The van der Waals surface area contributed by atoms with Gasteiger partial charge in [-0.3, -0.25) is 0 Å². The third kappa shape index (κ3) is 4.06. The molecule has 116 valence electrons. The summed E-state index contributed by atoms with van der Waals surface area (Å²) < 4.78 is 1.26. The summed E-state index contributed by atoms with van der Waals surface area (Å²) in [7, 11) is 4.44. The highest BCUT2D eigenvalue weighted by molar-refractivity contribution is 9.10. The molecule has 1 aromatic rings. The molecule has 0 saturated carbocycles. The van der Waals surface area contributed by atoms with Crippen LogP contribution in [0.15, 0.2) is 15.9 Å². The van der Waals surface area contributed by atoms with Crippen molar-refractivity contribution in [1.29, 1.82) is 0 Å². The number of halogens is 1. The molecule has 0 amide bonds. The molecule has 0 fully saturated rings. The molecule has 0 saturated heterocycles. The van der Waals surface area contributed by atoms with E-state index in [9.17, 15) is 0 Å². The highest BCUT2D eigenvalue weighted by Gasteiger charge is 2.37. The maximum atomic E-state index is 3.80. The molecule has 0 radical (unpaired) electrons. The number of thiophene rings is 1. The molecular weight excluding hydrogens is 332 g/mol. The Kier molecular flexibility index (Phi) is 7.73. The number of nitrogens with zero attached hydrogens (tertiary/aromatic N) is 1. The first kappa shape index (κ1) is 18.1. The van der Waals surface area contributed by atoms with E-state index in [-0.39, 0.29) is 5.54 Å². The van der Waals surface area contributed by atoms with E-state index < -0.39 is 0 Å². The number of likely N-dealkylation sites (N-methyl/N-ethyl adjacent to an activating group) is 1. The van der Waals surface area contributed by atoms with Crippen molar-refractivity contribution >= 4 is 27.3 Å². The molecule has 0 aliphatic carbocycles. The van der Waals surface area contributed by atoms with Crippen molar-refractivity contribution in [2.75, 3.05) is 20.6 Å².